The molecule has 11 heteroatoms. The lowest BCUT2D eigenvalue weighted by Gasteiger charge is -2.26. The van der Waals surface area contributed by atoms with Gasteiger partial charge in [-0.15, -0.1) is 0 Å². The lowest BCUT2D eigenvalue weighted by Crippen LogP contribution is -2.31. The van der Waals surface area contributed by atoms with Crippen LogP contribution in [-0.4, -0.2) is 37.3 Å². The van der Waals surface area contributed by atoms with Crippen molar-refractivity contribution in [2.75, 3.05) is 12.0 Å². The maximum Gasteiger partial charge on any atom is 0.294 e. The minimum Gasteiger partial charge on any atom is -0.503 e. The number of aliphatic hydroxyl groups is 1. The second-order valence-corrected chi connectivity index (χ2v) is 9.51. The molecule has 182 valence electrons. The van der Waals surface area contributed by atoms with Gasteiger partial charge >= 0.3 is 0 Å². The summed E-state index contributed by atoms with van der Waals surface area (Å²) in [6, 6.07) is 15.7. The van der Waals surface area contributed by atoms with Crippen molar-refractivity contribution in [1.82, 2.24) is 4.98 Å². The molecule has 1 atom stereocenters. The van der Waals surface area contributed by atoms with Crippen LogP contribution in [0.2, 0.25) is 0 Å². The van der Waals surface area contributed by atoms with Gasteiger partial charge in [-0.2, -0.15) is 0 Å². The number of pyridine rings is 1. The number of hydrogen-bond donors (Lipinski definition) is 2. The number of anilines is 1. The van der Waals surface area contributed by atoms with Crippen LogP contribution in [0.5, 0.6) is 5.75 Å². The van der Waals surface area contributed by atoms with Crippen molar-refractivity contribution < 1.29 is 32.3 Å². The molecule has 2 aromatic carbocycles. The van der Waals surface area contributed by atoms with Gasteiger partial charge in [0, 0.05) is 17.3 Å². The molecule has 5 rings (SSSR count). The number of Topliss-reactive ketones (excluding diaryl/α,β-unsaturated/α-hetero) is 1. The molecule has 1 aliphatic rings. The molecule has 0 fully saturated rings. The molecule has 36 heavy (non-hydrogen) atoms. The zero-order valence-electron chi connectivity index (χ0n) is 18.8. The smallest absolute Gasteiger partial charge is 0.294 e. The molecule has 3 N–H and O–H groups in total. The third kappa shape index (κ3) is 3.80. The van der Waals surface area contributed by atoms with E-state index < -0.39 is 33.5 Å². The van der Waals surface area contributed by atoms with Gasteiger partial charge < -0.3 is 14.3 Å². The standard InChI is InChI=1S/C25H19N3O7S/c1-34-18-7-4-5-14-13-19(35-24(14)18)22(29)20-21(17-6-2-3-12-27-17)28(25(31)23(20)30)15-8-10-16(11-9-15)36(26,32)33/h2-13,21,30H,1H3,(H2,26,32,33). The number of rotatable bonds is 6. The van der Waals surface area contributed by atoms with E-state index in [2.05, 4.69) is 4.98 Å². The number of amides is 1. The van der Waals surface area contributed by atoms with Crippen LogP contribution in [-0.2, 0) is 14.8 Å². The molecule has 0 radical (unpaired) electrons. The zero-order valence-corrected chi connectivity index (χ0v) is 19.6. The highest BCUT2D eigenvalue weighted by atomic mass is 32.2. The van der Waals surface area contributed by atoms with Crippen molar-refractivity contribution in [1.29, 1.82) is 0 Å². The quantitative estimate of drug-likeness (QED) is 0.379. The number of primary sulfonamides is 1. The zero-order chi connectivity index (χ0) is 25.6. The molecule has 2 aromatic heterocycles. The summed E-state index contributed by atoms with van der Waals surface area (Å²) in [5.41, 5.74) is 0.649. The fourth-order valence-electron chi connectivity index (χ4n) is 4.16. The molecule has 3 heterocycles. The number of nitrogens with zero attached hydrogens (tertiary/aromatic N) is 2. The van der Waals surface area contributed by atoms with Crippen molar-refractivity contribution in [3.8, 4) is 5.75 Å². The first-order valence-electron chi connectivity index (χ1n) is 10.6. The molecule has 0 aliphatic carbocycles. The lowest BCUT2D eigenvalue weighted by atomic mass is 9.98. The van der Waals surface area contributed by atoms with Gasteiger partial charge in [0.05, 0.1) is 23.3 Å². The van der Waals surface area contributed by atoms with Crippen molar-refractivity contribution in [3.05, 3.63) is 95.7 Å². The molecule has 1 unspecified atom stereocenters. The van der Waals surface area contributed by atoms with Crippen molar-refractivity contribution in [2.24, 2.45) is 5.14 Å². The Bertz CT molecular complexity index is 1640. The maximum absolute atomic E-state index is 13.7. The van der Waals surface area contributed by atoms with Gasteiger partial charge in [-0.1, -0.05) is 18.2 Å². The average Bonchev–Trinajstić information content (AvgIpc) is 3.43. The van der Waals surface area contributed by atoms with E-state index >= 15 is 0 Å². The topological polar surface area (TPSA) is 153 Å². The number of nitrogens with two attached hydrogens (primary N) is 1. The van der Waals surface area contributed by atoms with E-state index in [0.29, 0.717) is 22.4 Å². The number of ketones is 1. The number of fused-ring (bicyclic) bond motifs is 1. The number of ether oxygens (including phenoxy) is 1. The van der Waals surface area contributed by atoms with Gasteiger partial charge in [-0.05, 0) is 48.5 Å². The Morgan fingerprint density at radius 3 is 2.50 bits per heavy atom. The Labute approximate surface area is 205 Å². The predicted molar refractivity (Wildman–Crippen MR) is 129 cm³/mol. The molecule has 1 aliphatic heterocycles. The van der Waals surface area contributed by atoms with E-state index in [-0.39, 0.29) is 21.9 Å². The van der Waals surface area contributed by atoms with Gasteiger partial charge in [0.15, 0.2) is 22.9 Å². The van der Waals surface area contributed by atoms with E-state index in [1.165, 1.54) is 48.5 Å². The predicted octanol–water partition coefficient (Wildman–Crippen LogP) is 3.27. The van der Waals surface area contributed by atoms with Gasteiger partial charge in [0.2, 0.25) is 15.8 Å². The number of methoxy groups -OCH3 is 1. The number of carbonyl (C=O) groups is 2. The minimum absolute atomic E-state index is 0.101. The number of carbonyl (C=O) groups excluding carboxylic acids is 2. The van der Waals surface area contributed by atoms with E-state index in [9.17, 15) is 23.1 Å². The normalized spacial score (nSPS) is 16.1. The number of furan rings is 1. The van der Waals surface area contributed by atoms with Crippen LogP contribution in [0.15, 0.2) is 93.6 Å². The van der Waals surface area contributed by atoms with Crippen LogP contribution < -0.4 is 14.8 Å². The molecule has 1 amide bonds. The fraction of sp³-hybridized carbons (Fsp3) is 0.0800. The second-order valence-electron chi connectivity index (χ2n) is 7.95. The van der Waals surface area contributed by atoms with Gasteiger partial charge in [0.1, 0.15) is 6.04 Å². The first kappa shape index (κ1) is 23.3. The monoisotopic (exact) mass is 505 g/mol. The summed E-state index contributed by atoms with van der Waals surface area (Å²) in [5.74, 6) is -2.01. The summed E-state index contributed by atoms with van der Waals surface area (Å²) >= 11 is 0. The number of aromatic nitrogens is 1. The van der Waals surface area contributed by atoms with E-state index in [1.54, 1.807) is 36.4 Å². The summed E-state index contributed by atoms with van der Waals surface area (Å²) in [7, 11) is -2.49. The Balaban J connectivity index is 1.63. The van der Waals surface area contributed by atoms with E-state index in [1.807, 2.05) is 0 Å². The average molecular weight is 506 g/mol. The highest BCUT2D eigenvalue weighted by molar-refractivity contribution is 7.89. The molecule has 4 aromatic rings. The Hall–Kier alpha value is -4.48. The first-order valence-corrected chi connectivity index (χ1v) is 12.2. The first-order chi connectivity index (χ1) is 17.2. The Morgan fingerprint density at radius 2 is 1.86 bits per heavy atom. The maximum atomic E-state index is 13.7. The van der Waals surface area contributed by atoms with E-state index in [4.69, 9.17) is 14.3 Å². The summed E-state index contributed by atoms with van der Waals surface area (Å²) < 4.78 is 34.4. The Kier molecular flexibility index (Phi) is 5.58. The summed E-state index contributed by atoms with van der Waals surface area (Å²) in [4.78, 5) is 32.2. The van der Waals surface area contributed by atoms with Gasteiger partial charge in [0.25, 0.3) is 5.91 Å². The molecule has 0 spiro atoms. The highest BCUT2D eigenvalue weighted by Crippen LogP contribution is 2.42. The third-order valence-electron chi connectivity index (χ3n) is 5.82. The molecular weight excluding hydrogens is 486 g/mol. The van der Waals surface area contributed by atoms with Crippen molar-refractivity contribution >= 4 is 38.4 Å². The van der Waals surface area contributed by atoms with E-state index in [0.717, 1.165) is 0 Å². The summed E-state index contributed by atoms with van der Waals surface area (Å²) in [6.45, 7) is 0. The number of benzene rings is 2. The van der Waals surface area contributed by atoms with Crippen LogP contribution in [0, 0.1) is 0 Å². The van der Waals surface area contributed by atoms with Crippen LogP contribution in [0.25, 0.3) is 11.0 Å². The number of para-hydroxylation sites is 1. The fourth-order valence-corrected chi connectivity index (χ4v) is 4.67. The van der Waals surface area contributed by atoms with Crippen molar-refractivity contribution in [3.63, 3.8) is 0 Å². The minimum atomic E-state index is -3.96. The van der Waals surface area contributed by atoms with Crippen LogP contribution >= 0.6 is 0 Å². The van der Waals surface area contributed by atoms with Crippen molar-refractivity contribution in [2.45, 2.75) is 10.9 Å². The number of sulfonamides is 1. The number of hydrogen-bond acceptors (Lipinski definition) is 8. The molecule has 0 bridgehead atoms. The summed E-state index contributed by atoms with van der Waals surface area (Å²) in [6.07, 6.45) is 1.49. The largest absolute Gasteiger partial charge is 0.503 e. The molecular formula is C25H19N3O7S. The third-order valence-corrected chi connectivity index (χ3v) is 6.75. The van der Waals surface area contributed by atoms with Crippen LogP contribution in [0.3, 0.4) is 0 Å². The lowest BCUT2D eigenvalue weighted by molar-refractivity contribution is -0.117. The SMILES string of the molecule is COc1cccc2cc(C(=O)C3=C(O)C(=O)N(c4ccc(S(N)(=O)=O)cc4)C3c3ccccn3)oc12. The highest BCUT2D eigenvalue weighted by Gasteiger charge is 2.46. The Morgan fingerprint density at radius 1 is 1.11 bits per heavy atom. The number of aliphatic hydroxyl groups excluding tert-OH is 1. The molecule has 0 saturated heterocycles. The molecule has 10 nitrogen and oxygen atoms in total. The molecule has 0 saturated carbocycles. The van der Waals surface area contributed by atoms with Crippen LogP contribution in [0.1, 0.15) is 22.3 Å². The second kappa shape index (κ2) is 8.63. The van der Waals surface area contributed by atoms with Gasteiger partial charge in [-0.25, -0.2) is 13.6 Å². The van der Waals surface area contributed by atoms with Crippen LogP contribution in [0.4, 0.5) is 5.69 Å². The summed E-state index contributed by atoms with van der Waals surface area (Å²) in [5, 5.41) is 16.6. The van der Waals surface area contributed by atoms with Gasteiger partial charge in [-0.3, -0.25) is 19.5 Å².